The summed E-state index contributed by atoms with van der Waals surface area (Å²) >= 11 is 1.47. The Kier molecular flexibility index (Phi) is 6.46. The summed E-state index contributed by atoms with van der Waals surface area (Å²) in [5.74, 6) is 1.06. The van der Waals surface area contributed by atoms with E-state index in [1.165, 1.54) is 42.6 Å². The zero-order valence-electron chi connectivity index (χ0n) is 14.0. The van der Waals surface area contributed by atoms with E-state index in [-0.39, 0.29) is 22.2 Å². The van der Waals surface area contributed by atoms with Gasteiger partial charge in [0.25, 0.3) is 0 Å². The monoisotopic (exact) mass is 380 g/mol. The lowest BCUT2D eigenvalue weighted by Gasteiger charge is -2.11. The van der Waals surface area contributed by atoms with Crippen LogP contribution in [0.3, 0.4) is 0 Å². The van der Waals surface area contributed by atoms with Crippen LogP contribution >= 0.6 is 11.8 Å². The Balaban J connectivity index is 1.98. The van der Waals surface area contributed by atoms with E-state index in [0.717, 1.165) is 5.56 Å². The number of anilines is 1. The maximum Gasteiger partial charge on any atom is 0.238 e. The first-order valence-corrected chi connectivity index (χ1v) is 10.1. The molecule has 0 aliphatic carbocycles. The molecule has 6 nitrogen and oxygen atoms in total. The first kappa shape index (κ1) is 19.3. The molecule has 0 radical (unpaired) electrons. The zero-order chi connectivity index (χ0) is 18.4. The summed E-state index contributed by atoms with van der Waals surface area (Å²) < 4.78 is 28.0. The van der Waals surface area contributed by atoms with Crippen LogP contribution in [-0.2, 0) is 20.6 Å². The van der Waals surface area contributed by atoms with Gasteiger partial charge in [-0.3, -0.25) is 4.79 Å². The Hall–Kier alpha value is -2.03. The molecule has 0 unspecified atom stereocenters. The molecule has 0 aliphatic heterocycles. The Morgan fingerprint density at radius 2 is 1.88 bits per heavy atom. The number of ether oxygens (including phenoxy) is 1. The quantitative estimate of drug-likeness (QED) is 0.769. The van der Waals surface area contributed by atoms with Crippen molar-refractivity contribution in [3.63, 3.8) is 0 Å². The lowest BCUT2D eigenvalue weighted by atomic mass is 10.2. The van der Waals surface area contributed by atoms with Gasteiger partial charge in [0.2, 0.25) is 15.9 Å². The van der Waals surface area contributed by atoms with E-state index in [9.17, 15) is 13.2 Å². The highest BCUT2D eigenvalue weighted by Gasteiger charge is 2.14. The summed E-state index contributed by atoms with van der Waals surface area (Å²) in [7, 11) is -2.42. The molecule has 0 saturated heterocycles. The predicted octanol–water partition coefficient (Wildman–Crippen LogP) is 2.52. The van der Waals surface area contributed by atoms with Crippen LogP contribution in [-0.4, -0.2) is 27.2 Å². The van der Waals surface area contributed by atoms with E-state index in [2.05, 4.69) is 5.32 Å². The number of benzene rings is 2. The fourth-order valence-corrected chi connectivity index (χ4v) is 3.42. The molecule has 1 amide bonds. The molecule has 25 heavy (non-hydrogen) atoms. The number of aryl methyl sites for hydroxylation is 1. The minimum Gasteiger partial charge on any atom is -0.495 e. The van der Waals surface area contributed by atoms with Crippen LogP contribution < -0.4 is 15.2 Å². The van der Waals surface area contributed by atoms with Crippen LogP contribution in [0.1, 0.15) is 11.1 Å². The summed E-state index contributed by atoms with van der Waals surface area (Å²) in [4.78, 5) is 12.0. The average molecular weight is 380 g/mol. The van der Waals surface area contributed by atoms with Gasteiger partial charge in [-0.1, -0.05) is 29.8 Å². The van der Waals surface area contributed by atoms with Crippen molar-refractivity contribution < 1.29 is 17.9 Å². The highest BCUT2D eigenvalue weighted by molar-refractivity contribution is 7.99. The summed E-state index contributed by atoms with van der Waals surface area (Å²) in [6, 6.07) is 12.2. The molecule has 0 bridgehead atoms. The van der Waals surface area contributed by atoms with Crippen LogP contribution in [0.2, 0.25) is 0 Å². The van der Waals surface area contributed by atoms with Gasteiger partial charge in [0.15, 0.2) is 0 Å². The molecule has 8 heteroatoms. The first-order valence-electron chi connectivity index (χ1n) is 7.43. The van der Waals surface area contributed by atoms with Crippen molar-refractivity contribution >= 4 is 33.4 Å². The second-order valence-electron chi connectivity index (χ2n) is 5.43. The maximum atomic E-state index is 12.1. The molecule has 0 heterocycles. The minimum atomic E-state index is -3.85. The van der Waals surface area contributed by atoms with Crippen LogP contribution in [0.5, 0.6) is 5.75 Å². The van der Waals surface area contributed by atoms with Gasteiger partial charge in [0, 0.05) is 5.75 Å². The van der Waals surface area contributed by atoms with Crippen molar-refractivity contribution in [3.05, 3.63) is 53.6 Å². The lowest BCUT2D eigenvalue weighted by Crippen LogP contribution is -2.17. The maximum absolute atomic E-state index is 12.1. The van der Waals surface area contributed by atoms with Gasteiger partial charge in [-0.15, -0.1) is 11.8 Å². The molecular weight excluding hydrogens is 360 g/mol. The van der Waals surface area contributed by atoms with Gasteiger partial charge in [-0.05, 0) is 30.7 Å². The van der Waals surface area contributed by atoms with Crippen molar-refractivity contribution in [2.24, 2.45) is 5.14 Å². The fraction of sp³-hybridized carbons (Fsp3) is 0.235. The normalized spacial score (nSPS) is 11.2. The number of methoxy groups -OCH3 is 1. The summed E-state index contributed by atoms with van der Waals surface area (Å²) in [5, 5.41) is 7.78. The van der Waals surface area contributed by atoms with E-state index in [4.69, 9.17) is 9.88 Å². The van der Waals surface area contributed by atoms with Gasteiger partial charge < -0.3 is 10.1 Å². The predicted molar refractivity (Wildman–Crippen MR) is 100 cm³/mol. The Morgan fingerprint density at radius 3 is 2.48 bits per heavy atom. The molecule has 0 fully saturated rings. The van der Waals surface area contributed by atoms with Gasteiger partial charge in [0.1, 0.15) is 5.75 Å². The third-order valence-corrected chi connectivity index (χ3v) is 5.31. The van der Waals surface area contributed by atoms with E-state index >= 15 is 0 Å². The number of primary sulfonamides is 1. The van der Waals surface area contributed by atoms with Crippen LogP contribution in [0.25, 0.3) is 0 Å². The number of sulfonamides is 1. The van der Waals surface area contributed by atoms with Crippen molar-refractivity contribution in [2.75, 3.05) is 18.2 Å². The molecule has 0 aromatic heterocycles. The molecule has 0 aliphatic rings. The second-order valence-corrected chi connectivity index (χ2v) is 7.98. The van der Waals surface area contributed by atoms with E-state index in [0.29, 0.717) is 11.5 Å². The molecule has 2 rings (SSSR count). The molecule has 2 aromatic rings. The highest BCUT2D eigenvalue weighted by Crippen LogP contribution is 2.27. The molecular formula is C17H20N2O4S2. The van der Waals surface area contributed by atoms with Gasteiger partial charge in [-0.2, -0.15) is 0 Å². The Morgan fingerprint density at radius 1 is 1.20 bits per heavy atom. The van der Waals surface area contributed by atoms with E-state index < -0.39 is 10.0 Å². The lowest BCUT2D eigenvalue weighted by molar-refractivity contribution is -0.113. The number of thioether (sulfide) groups is 1. The van der Waals surface area contributed by atoms with Crippen LogP contribution in [0.15, 0.2) is 47.4 Å². The number of carbonyl (C=O) groups is 1. The van der Waals surface area contributed by atoms with Crippen molar-refractivity contribution in [1.29, 1.82) is 0 Å². The third kappa shape index (κ3) is 5.77. The number of hydrogen-bond acceptors (Lipinski definition) is 5. The number of carbonyl (C=O) groups excluding carboxylic acids is 1. The largest absolute Gasteiger partial charge is 0.495 e. The smallest absolute Gasteiger partial charge is 0.238 e. The standard InChI is InChI=1S/C17H20N2O4S2/c1-12-3-5-13(6-4-12)10-24-11-17(20)19-15-9-14(25(18,21)22)7-8-16(15)23-2/h3-9H,10-11H2,1-2H3,(H,19,20)(H2,18,21,22). The molecule has 0 spiro atoms. The first-order chi connectivity index (χ1) is 11.8. The number of nitrogens with one attached hydrogen (secondary N) is 1. The number of hydrogen-bond donors (Lipinski definition) is 2. The van der Waals surface area contributed by atoms with Gasteiger partial charge in [0.05, 0.1) is 23.4 Å². The average Bonchev–Trinajstić information content (AvgIpc) is 2.56. The fourth-order valence-electron chi connectivity index (χ4n) is 2.09. The summed E-state index contributed by atoms with van der Waals surface area (Å²) in [6.45, 7) is 2.02. The number of rotatable bonds is 7. The molecule has 134 valence electrons. The number of nitrogens with two attached hydrogens (primary N) is 1. The minimum absolute atomic E-state index is 0.0871. The second kappa shape index (κ2) is 8.37. The highest BCUT2D eigenvalue weighted by atomic mass is 32.2. The Bertz CT molecular complexity index is 849. The van der Waals surface area contributed by atoms with E-state index in [1.807, 2.05) is 31.2 Å². The van der Waals surface area contributed by atoms with Crippen molar-refractivity contribution in [1.82, 2.24) is 0 Å². The topological polar surface area (TPSA) is 98.5 Å². The SMILES string of the molecule is COc1ccc(S(N)(=O)=O)cc1NC(=O)CSCc1ccc(C)cc1. The molecule has 2 aromatic carbocycles. The van der Waals surface area contributed by atoms with Crippen LogP contribution in [0, 0.1) is 6.92 Å². The molecule has 0 atom stereocenters. The zero-order valence-corrected chi connectivity index (χ0v) is 15.6. The van der Waals surface area contributed by atoms with Crippen LogP contribution in [0.4, 0.5) is 5.69 Å². The molecule has 3 N–H and O–H groups in total. The van der Waals surface area contributed by atoms with Crippen molar-refractivity contribution in [3.8, 4) is 5.75 Å². The summed E-state index contributed by atoms with van der Waals surface area (Å²) in [6.07, 6.45) is 0. The molecule has 0 saturated carbocycles. The van der Waals surface area contributed by atoms with Gasteiger partial charge in [-0.25, -0.2) is 13.6 Å². The number of amides is 1. The van der Waals surface area contributed by atoms with Crippen molar-refractivity contribution in [2.45, 2.75) is 17.6 Å². The van der Waals surface area contributed by atoms with E-state index in [1.54, 1.807) is 0 Å². The third-order valence-electron chi connectivity index (χ3n) is 3.40. The summed E-state index contributed by atoms with van der Waals surface area (Å²) in [5.41, 5.74) is 2.60. The Labute approximate surface area is 151 Å². The van der Waals surface area contributed by atoms with Gasteiger partial charge >= 0.3 is 0 Å².